The quantitative estimate of drug-likeness (QED) is 0.795. The Balaban J connectivity index is 1.55. The number of allylic oxidation sites excluding steroid dienone is 2. The van der Waals surface area contributed by atoms with E-state index in [1.807, 2.05) is 18.3 Å². The van der Waals surface area contributed by atoms with Crippen LogP contribution in [0.1, 0.15) is 24.4 Å². The highest BCUT2D eigenvalue weighted by Gasteiger charge is 2.39. The van der Waals surface area contributed by atoms with E-state index < -0.39 is 0 Å². The van der Waals surface area contributed by atoms with Crippen LogP contribution in [-0.2, 0) is 9.53 Å². The van der Waals surface area contributed by atoms with E-state index in [1.54, 1.807) is 6.20 Å². The van der Waals surface area contributed by atoms with Crippen LogP contribution >= 0.6 is 0 Å². The van der Waals surface area contributed by atoms with E-state index in [-0.39, 0.29) is 11.9 Å². The van der Waals surface area contributed by atoms with Crippen LogP contribution in [-0.4, -0.2) is 60.1 Å². The van der Waals surface area contributed by atoms with Crippen LogP contribution in [0.3, 0.4) is 0 Å². The summed E-state index contributed by atoms with van der Waals surface area (Å²) in [6, 6.07) is 3.72. The van der Waals surface area contributed by atoms with Gasteiger partial charge >= 0.3 is 0 Å². The van der Waals surface area contributed by atoms with Gasteiger partial charge in [-0.05, 0) is 36.3 Å². The number of hydrogen-bond donors (Lipinski definition) is 0. The average molecular weight is 327 g/mol. The summed E-state index contributed by atoms with van der Waals surface area (Å²) in [4.78, 5) is 22.0. The number of likely N-dealkylation sites (tertiary alicyclic amines) is 1. The van der Waals surface area contributed by atoms with E-state index in [1.165, 1.54) is 0 Å². The molecule has 2 saturated heterocycles. The number of rotatable bonds is 3. The van der Waals surface area contributed by atoms with Crippen molar-refractivity contribution in [1.82, 2.24) is 14.8 Å². The van der Waals surface area contributed by atoms with Gasteiger partial charge in [-0.3, -0.25) is 14.7 Å². The lowest BCUT2D eigenvalue weighted by molar-refractivity contribution is -0.138. The Morgan fingerprint density at radius 3 is 2.50 bits per heavy atom. The monoisotopic (exact) mass is 327 g/mol. The van der Waals surface area contributed by atoms with E-state index in [2.05, 4.69) is 26.9 Å². The van der Waals surface area contributed by atoms with Gasteiger partial charge in [0.05, 0.1) is 13.2 Å². The molecule has 24 heavy (non-hydrogen) atoms. The minimum Gasteiger partial charge on any atom is -0.379 e. The molecule has 1 amide bonds. The number of carbonyl (C=O) groups is 1. The Morgan fingerprint density at radius 2 is 1.88 bits per heavy atom. The largest absolute Gasteiger partial charge is 0.379 e. The maximum Gasteiger partial charge on any atom is 0.244 e. The van der Waals surface area contributed by atoms with Crippen molar-refractivity contribution in [3.8, 4) is 0 Å². The fraction of sp³-hybridized carbons (Fsp3) is 0.579. The van der Waals surface area contributed by atoms with Crippen molar-refractivity contribution in [3.05, 3.63) is 42.2 Å². The van der Waals surface area contributed by atoms with Crippen LogP contribution < -0.4 is 0 Å². The molecule has 5 heteroatoms. The Kier molecular flexibility index (Phi) is 4.63. The minimum absolute atomic E-state index is 0.226. The van der Waals surface area contributed by atoms with Crippen LogP contribution in [0, 0.1) is 11.8 Å². The maximum absolute atomic E-state index is 13.4. The molecule has 3 atom stereocenters. The number of morpholine rings is 1. The summed E-state index contributed by atoms with van der Waals surface area (Å²) in [6.07, 6.45) is 10.4. The summed E-state index contributed by atoms with van der Waals surface area (Å²) in [5.74, 6) is 1.51. The van der Waals surface area contributed by atoms with Gasteiger partial charge in [-0.2, -0.15) is 0 Å². The first-order chi connectivity index (χ1) is 11.8. The molecule has 0 aromatic carbocycles. The predicted octanol–water partition coefficient (Wildman–Crippen LogP) is 1.88. The third-order valence-corrected chi connectivity index (χ3v) is 5.58. The molecule has 2 fully saturated rings. The molecule has 0 bridgehead atoms. The van der Waals surface area contributed by atoms with Gasteiger partial charge < -0.3 is 9.64 Å². The summed E-state index contributed by atoms with van der Waals surface area (Å²) >= 11 is 0. The first-order valence-corrected chi connectivity index (χ1v) is 8.98. The van der Waals surface area contributed by atoms with Crippen LogP contribution in [0.2, 0.25) is 0 Å². The third-order valence-electron chi connectivity index (χ3n) is 5.58. The molecule has 0 spiro atoms. The van der Waals surface area contributed by atoms with E-state index in [0.29, 0.717) is 25.0 Å². The van der Waals surface area contributed by atoms with Crippen molar-refractivity contribution < 1.29 is 9.53 Å². The smallest absolute Gasteiger partial charge is 0.244 e. The molecule has 3 aliphatic rings. The third kappa shape index (κ3) is 3.10. The first kappa shape index (κ1) is 15.8. The maximum atomic E-state index is 13.4. The van der Waals surface area contributed by atoms with Crippen molar-refractivity contribution in [3.63, 3.8) is 0 Å². The number of aromatic nitrogens is 1. The molecule has 0 unspecified atom stereocenters. The van der Waals surface area contributed by atoms with E-state index in [4.69, 9.17) is 4.74 Å². The summed E-state index contributed by atoms with van der Waals surface area (Å²) in [6.45, 7) is 4.78. The summed E-state index contributed by atoms with van der Waals surface area (Å²) in [7, 11) is 0. The Morgan fingerprint density at radius 1 is 1.17 bits per heavy atom. The fourth-order valence-electron chi connectivity index (χ4n) is 4.25. The van der Waals surface area contributed by atoms with E-state index in [0.717, 1.165) is 44.6 Å². The zero-order chi connectivity index (χ0) is 16.4. The number of amides is 1. The van der Waals surface area contributed by atoms with E-state index >= 15 is 0 Å². The van der Waals surface area contributed by atoms with Gasteiger partial charge in [0.2, 0.25) is 5.91 Å². The number of pyridine rings is 1. The standard InChI is InChI=1S/C19H25N3O2/c23-19(22-13-16-4-1-2-5-17(16)14-22)18(15-6-3-7-20-12-15)21-8-10-24-11-9-21/h1-3,6-7,12,16-18H,4-5,8-11,13-14H2/t16-,17+,18-/m0/s1. The number of carbonyl (C=O) groups excluding carboxylic acids is 1. The van der Waals surface area contributed by atoms with Crippen molar-refractivity contribution in [2.24, 2.45) is 11.8 Å². The minimum atomic E-state index is -0.226. The summed E-state index contributed by atoms with van der Waals surface area (Å²) in [5.41, 5.74) is 0.998. The SMILES string of the molecule is O=C([C@H](c1cccnc1)N1CCOCC1)N1C[C@H]2CC=CC[C@H]2C1. The second-order valence-electron chi connectivity index (χ2n) is 7.04. The molecule has 1 aromatic rings. The Hall–Kier alpha value is -1.72. The van der Waals surface area contributed by atoms with Gasteiger partial charge in [-0.15, -0.1) is 0 Å². The molecule has 1 aromatic heterocycles. The first-order valence-electron chi connectivity index (χ1n) is 8.98. The Labute approximate surface area is 143 Å². The molecular formula is C19H25N3O2. The van der Waals surface area contributed by atoms with Gasteiger partial charge in [-0.1, -0.05) is 18.2 Å². The van der Waals surface area contributed by atoms with Crippen molar-refractivity contribution in [2.45, 2.75) is 18.9 Å². The van der Waals surface area contributed by atoms with Crippen LogP contribution in [0.4, 0.5) is 0 Å². The molecule has 2 aliphatic heterocycles. The van der Waals surface area contributed by atoms with Crippen LogP contribution in [0.15, 0.2) is 36.7 Å². The summed E-state index contributed by atoms with van der Waals surface area (Å²) in [5, 5.41) is 0. The zero-order valence-electron chi connectivity index (χ0n) is 14.0. The summed E-state index contributed by atoms with van der Waals surface area (Å²) < 4.78 is 5.48. The lowest BCUT2D eigenvalue weighted by Crippen LogP contribution is -2.46. The highest BCUT2D eigenvalue weighted by atomic mass is 16.5. The molecule has 0 radical (unpaired) electrons. The molecular weight excluding hydrogens is 302 g/mol. The topological polar surface area (TPSA) is 45.7 Å². The molecule has 4 rings (SSSR count). The van der Waals surface area contributed by atoms with Crippen LogP contribution in [0.5, 0.6) is 0 Å². The van der Waals surface area contributed by atoms with Gasteiger partial charge in [0.15, 0.2) is 0 Å². The lowest BCUT2D eigenvalue weighted by atomic mass is 9.86. The molecule has 0 N–H and O–H groups in total. The average Bonchev–Trinajstić information content (AvgIpc) is 3.08. The molecule has 3 heterocycles. The zero-order valence-corrected chi connectivity index (χ0v) is 14.0. The number of nitrogens with zero attached hydrogens (tertiary/aromatic N) is 3. The molecule has 128 valence electrons. The number of hydrogen-bond acceptors (Lipinski definition) is 4. The second kappa shape index (κ2) is 7.03. The highest BCUT2D eigenvalue weighted by molar-refractivity contribution is 5.83. The molecule has 0 saturated carbocycles. The van der Waals surface area contributed by atoms with Crippen molar-refractivity contribution in [2.75, 3.05) is 39.4 Å². The van der Waals surface area contributed by atoms with Crippen molar-refractivity contribution >= 4 is 5.91 Å². The van der Waals surface area contributed by atoms with Gasteiger partial charge in [0.1, 0.15) is 6.04 Å². The normalized spacial score (nSPS) is 28.6. The van der Waals surface area contributed by atoms with Crippen LogP contribution in [0.25, 0.3) is 0 Å². The van der Waals surface area contributed by atoms with Crippen molar-refractivity contribution in [1.29, 1.82) is 0 Å². The lowest BCUT2D eigenvalue weighted by Gasteiger charge is -2.35. The highest BCUT2D eigenvalue weighted by Crippen LogP contribution is 2.35. The second-order valence-corrected chi connectivity index (χ2v) is 7.04. The van der Waals surface area contributed by atoms with Gasteiger partial charge in [0.25, 0.3) is 0 Å². The predicted molar refractivity (Wildman–Crippen MR) is 91.3 cm³/mol. The van der Waals surface area contributed by atoms with E-state index in [9.17, 15) is 4.79 Å². The number of ether oxygens (including phenoxy) is 1. The number of fused-ring (bicyclic) bond motifs is 1. The fourth-order valence-corrected chi connectivity index (χ4v) is 4.25. The molecule has 1 aliphatic carbocycles. The van der Waals surface area contributed by atoms with Gasteiger partial charge in [0, 0.05) is 38.6 Å². The Bertz CT molecular complexity index is 582. The molecule has 5 nitrogen and oxygen atoms in total. The van der Waals surface area contributed by atoms with Gasteiger partial charge in [-0.25, -0.2) is 0 Å².